The molecule has 1 heterocycles. The van der Waals surface area contributed by atoms with Crippen LogP contribution in [0.5, 0.6) is 0 Å². The maximum Gasteiger partial charge on any atom is 0.0641 e. The molecule has 0 aliphatic rings. The fraction of sp³-hybridized carbons (Fsp3) is 0.786. The van der Waals surface area contributed by atoms with Gasteiger partial charge in [-0.25, -0.2) is 0 Å². The summed E-state index contributed by atoms with van der Waals surface area (Å²) in [5, 5.41) is 7.95. The Morgan fingerprint density at radius 1 is 1.44 bits per heavy atom. The van der Waals surface area contributed by atoms with Crippen molar-refractivity contribution in [2.24, 2.45) is 0 Å². The Morgan fingerprint density at radius 3 is 2.72 bits per heavy atom. The summed E-state index contributed by atoms with van der Waals surface area (Å²) >= 11 is 0. The van der Waals surface area contributed by atoms with Crippen LogP contribution in [0.4, 0.5) is 0 Å². The molecular formula is C14H27N3O. The minimum absolute atomic E-state index is 0.131. The zero-order valence-corrected chi connectivity index (χ0v) is 12.4. The minimum Gasteiger partial charge on any atom is -0.379 e. The van der Waals surface area contributed by atoms with E-state index < -0.39 is 0 Å². The van der Waals surface area contributed by atoms with Crippen LogP contribution < -0.4 is 5.32 Å². The predicted molar refractivity (Wildman–Crippen MR) is 74.6 cm³/mol. The van der Waals surface area contributed by atoms with Crippen LogP contribution in [0, 0.1) is 0 Å². The Morgan fingerprint density at radius 2 is 2.17 bits per heavy atom. The van der Waals surface area contributed by atoms with Crippen molar-refractivity contribution in [2.45, 2.75) is 58.7 Å². The van der Waals surface area contributed by atoms with Crippen molar-refractivity contribution < 1.29 is 4.74 Å². The number of aryl methyl sites for hydroxylation is 1. The summed E-state index contributed by atoms with van der Waals surface area (Å²) in [7, 11) is 1.77. The average Bonchev–Trinajstić information content (AvgIpc) is 2.82. The molecule has 0 fully saturated rings. The Hall–Kier alpha value is -0.870. The molecule has 18 heavy (non-hydrogen) atoms. The second kappa shape index (κ2) is 6.90. The van der Waals surface area contributed by atoms with Crippen molar-refractivity contribution >= 4 is 0 Å². The number of hydrogen-bond acceptors (Lipinski definition) is 3. The molecule has 1 aromatic heterocycles. The van der Waals surface area contributed by atoms with Gasteiger partial charge >= 0.3 is 0 Å². The van der Waals surface area contributed by atoms with Gasteiger partial charge < -0.3 is 10.1 Å². The lowest BCUT2D eigenvalue weighted by atomic mass is 9.96. The molecule has 0 saturated heterocycles. The molecule has 0 amide bonds. The number of ether oxygens (including phenoxy) is 1. The van der Waals surface area contributed by atoms with E-state index in [4.69, 9.17) is 4.74 Å². The average molecular weight is 253 g/mol. The van der Waals surface area contributed by atoms with E-state index in [2.05, 4.69) is 48.9 Å². The summed E-state index contributed by atoms with van der Waals surface area (Å²) in [6.07, 6.45) is 3.94. The number of aromatic nitrogens is 2. The molecule has 0 spiro atoms. The highest BCUT2D eigenvalue weighted by Gasteiger charge is 2.25. The van der Waals surface area contributed by atoms with Crippen LogP contribution in [0.15, 0.2) is 12.3 Å². The number of nitrogens with zero attached hydrogens (tertiary/aromatic N) is 2. The molecule has 1 unspecified atom stereocenters. The van der Waals surface area contributed by atoms with Crippen molar-refractivity contribution in [3.63, 3.8) is 0 Å². The molecule has 0 radical (unpaired) electrons. The Balaban J connectivity index is 2.84. The van der Waals surface area contributed by atoms with Crippen LogP contribution in [0.1, 0.15) is 52.3 Å². The molecule has 0 aliphatic heterocycles. The van der Waals surface area contributed by atoms with Crippen molar-refractivity contribution in [1.82, 2.24) is 15.1 Å². The van der Waals surface area contributed by atoms with Crippen LogP contribution in [0.2, 0.25) is 0 Å². The van der Waals surface area contributed by atoms with Crippen LogP contribution in [-0.4, -0.2) is 29.0 Å². The Bertz CT molecular complexity index is 347. The van der Waals surface area contributed by atoms with E-state index in [9.17, 15) is 0 Å². The van der Waals surface area contributed by atoms with Gasteiger partial charge in [0.2, 0.25) is 0 Å². The molecular weight excluding hydrogens is 226 g/mol. The molecule has 1 N–H and O–H groups in total. The lowest BCUT2D eigenvalue weighted by molar-refractivity contribution is 0.00614. The van der Waals surface area contributed by atoms with Gasteiger partial charge in [0.15, 0.2) is 0 Å². The standard InChI is InChI=1S/C14H27N3O/c1-6-9-15-12(11-14(3,4)18-5)13-8-10-16-17(13)7-2/h8,10,12,15H,6-7,9,11H2,1-5H3. The van der Waals surface area contributed by atoms with Gasteiger partial charge in [0.25, 0.3) is 0 Å². The summed E-state index contributed by atoms with van der Waals surface area (Å²) in [6, 6.07) is 2.39. The third-order valence-corrected chi connectivity index (χ3v) is 3.29. The third-order valence-electron chi connectivity index (χ3n) is 3.29. The molecule has 1 aromatic rings. The van der Waals surface area contributed by atoms with Crippen LogP contribution in [0.3, 0.4) is 0 Å². The van der Waals surface area contributed by atoms with Crippen molar-refractivity contribution in [1.29, 1.82) is 0 Å². The molecule has 0 saturated carbocycles. The first-order chi connectivity index (χ1) is 8.54. The summed E-state index contributed by atoms with van der Waals surface area (Å²) in [6.45, 7) is 10.5. The first-order valence-corrected chi connectivity index (χ1v) is 6.84. The zero-order valence-electron chi connectivity index (χ0n) is 12.4. The van der Waals surface area contributed by atoms with E-state index in [1.807, 2.05) is 6.20 Å². The van der Waals surface area contributed by atoms with Gasteiger partial charge in [0.05, 0.1) is 17.3 Å². The van der Waals surface area contributed by atoms with Gasteiger partial charge in [-0.1, -0.05) is 6.92 Å². The van der Waals surface area contributed by atoms with Crippen molar-refractivity contribution in [3.05, 3.63) is 18.0 Å². The van der Waals surface area contributed by atoms with Gasteiger partial charge in [-0.3, -0.25) is 4.68 Å². The fourth-order valence-corrected chi connectivity index (χ4v) is 2.08. The van der Waals surface area contributed by atoms with Crippen molar-refractivity contribution in [2.75, 3.05) is 13.7 Å². The molecule has 1 atom stereocenters. The van der Waals surface area contributed by atoms with Crippen LogP contribution >= 0.6 is 0 Å². The van der Waals surface area contributed by atoms with Crippen molar-refractivity contribution in [3.8, 4) is 0 Å². The zero-order chi connectivity index (χ0) is 13.6. The Labute approximate surface area is 111 Å². The minimum atomic E-state index is -0.131. The molecule has 4 heteroatoms. The number of rotatable bonds is 8. The van der Waals surface area contributed by atoms with E-state index in [1.54, 1.807) is 7.11 Å². The van der Waals surface area contributed by atoms with E-state index in [0.29, 0.717) is 6.04 Å². The molecule has 0 bridgehead atoms. The third kappa shape index (κ3) is 4.10. The largest absolute Gasteiger partial charge is 0.379 e. The highest BCUT2D eigenvalue weighted by molar-refractivity contribution is 5.08. The second-order valence-corrected chi connectivity index (χ2v) is 5.25. The van der Waals surface area contributed by atoms with E-state index in [1.165, 1.54) is 5.69 Å². The van der Waals surface area contributed by atoms with Crippen LogP contribution in [0.25, 0.3) is 0 Å². The molecule has 0 aliphatic carbocycles. The highest BCUT2D eigenvalue weighted by Crippen LogP contribution is 2.25. The number of methoxy groups -OCH3 is 1. The maximum atomic E-state index is 5.55. The lowest BCUT2D eigenvalue weighted by Crippen LogP contribution is -2.33. The number of hydrogen-bond donors (Lipinski definition) is 1. The van der Waals surface area contributed by atoms with E-state index >= 15 is 0 Å². The topological polar surface area (TPSA) is 39.1 Å². The first kappa shape index (κ1) is 15.2. The monoisotopic (exact) mass is 253 g/mol. The predicted octanol–water partition coefficient (Wildman–Crippen LogP) is 2.76. The first-order valence-electron chi connectivity index (χ1n) is 6.84. The van der Waals surface area contributed by atoms with Gasteiger partial charge in [0, 0.05) is 19.9 Å². The summed E-state index contributed by atoms with van der Waals surface area (Å²) in [5.74, 6) is 0. The van der Waals surface area contributed by atoms with E-state index in [-0.39, 0.29) is 5.60 Å². The van der Waals surface area contributed by atoms with Gasteiger partial charge in [-0.15, -0.1) is 0 Å². The second-order valence-electron chi connectivity index (χ2n) is 5.25. The molecule has 104 valence electrons. The molecule has 4 nitrogen and oxygen atoms in total. The van der Waals surface area contributed by atoms with Gasteiger partial charge in [-0.2, -0.15) is 5.10 Å². The smallest absolute Gasteiger partial charge is 0.0641 e. The molecule has 1 rings (SSSR count). The van der Waals surface area contributed by atoms with Gasteiger partial charge in [0.1, 0.15) is 0 Å². The maximum absolute atomic E-state index is 5.55. The summed E-state index contributed by atoms with van der Waals surface area (Å²) < 4.78 is 7.60. The summed E-state index contributed by atoms with van der Waals surface area (Å²) in [5.41, 5.74) is 1.12. The van der Waals surface area contributed by atoms with Crippen LogP contribution in [-0.2, 0) is 11.3 Å². The van der Waals surface area contributed by atoms with E-state index in [0.717, 1.165) is 25.9 Å². The fourth-order valence-electron chi connectivity index (χ4n) is 2.08. The SMILES string of the molecule is CCCNC(CC(C)(C)OC)c1ccnn1CC. The molecule has 0 aromatic carbocycles. The highest BCUT2D eigenvalue weighted by atomic mass is 16.5. The normalized spacial score (nSPS) is 13.8. The lowest BCUT2D eigenvalue weighted by Gasteiger charge is -2.29. The van der Waals surface area contributed by atoms with Gasteiger partial charge in [-0.05, 0) is 46.2 Å². The number of nitrogens with one attached hydrogen (secondary N) is 1. The quantitative estimate of drug-likeness (QED) is 0.774. The Kier molecular flexibility index (Phi) is 5.82. The summed E-state index contributed by atoms with van der Waals surface area (Å²) in [4.78, 5) is 0.